The lowest BCUT2D eigenvalue weighted by Gasteiger charge is -1.42. The van der Waals surface area contributed by atoms with E-state index < -0.39 is 0 Å². The molecule has 0 aliphatic heterocycles. The SMILES string of the molecule is Cl.ClCCl.N. The lowest BCUT2D eigenvalue weighted by molar-refractivity contribution is 2.13. The fourth-order valence-electron chi connectivity index (χ4n) is 0. The first-order chi connectivity index (χ1) is 1.41. The maximum Gasteiger partial charge on any atom is 0.0967 e. The van der Waals surface area contributed by atoms with Gasteiger partial charge < -0.3 is 6.15 Å². The standard InChI is InChI=1S/CH2Cl2.ClH.H3N/c2-1-3;;/h1H2;1H;1H3. The summed E-state index contributed by atoms with van der Waals surface area (Å²) in [4.78, 5) is 0. The van der Waals surface area contributed by atoms with Crippen molar-refractivity contribution in [3.05, 3.63) is 0 Å². The van der Waals surface area contributed by atoms with Gasteiger partial charge in [-0.25, -0.2) is 0 Å². The maximum absolute atomic E-state index is 4.76. The van der Waals surface area contributed by atoms with Crippen LogP contribution in [0.2, 0.25) is 0 Å². The van der Waals surface area contributed by atoms with Crippen molar-refractivity contribution in [2.45, 2.75) is 0 Å². The summed E-state index contributed by atoms with van der Waals surface area (Å²) >= 11 is 9.53. The lowest BCUT2D eigenvalue weighted by Crippen LogP contribution is -1.24. The number of alkyl halides is 2. The first-order valence-electron chi connectivity index (χ1n) is 0.535. The van der Waals surface area contributed by atoms with Gasteiger partial charge >= 0.3 is 0 Å². The van der Waals surface area contributed by atoms with Crippen LogP contribution in [0.1, 0.15) is 0 Å². The van der Waals surface area contributed by atoms with Gasteiger partial charge in [-0.15, -0.1) is 35.6 Å². The van der Waals surface area contributed by atoms with Crippen LogP contribution in [0.3, 0.4) is 0 Å². The summed E-state index contributed by atoms with van der Waals surface area (Å²) in [7, 11) is 0. The van der Waals surface area contributed by atoms with Crippen LogP contribution >= 0.6 is 35.6 Å². The largest absolute Gasteiger partial charge is 0.344 e. The second-order valence-corrected chi connectivity index (χ2v) is 0.909. The fraction of sp³-hybridized carbons (Fsp3) is 1.00. The molecular formula is CH6Cl3N. The van der Waals surface area contributed by atoms with Crippen LogP contribution in [0, 0.1) is 0 Å². The first kappa shape index (κ1) is 17.0. The third-order valence-corrected chi connectivity index (χ3v) is 0. The highest BCUT2D eigenvalue weighted by Gasteiger charge is 1.41. The highest BCUT2D eigenvalue weighted by Crippen LogP contribution is 1.73. The first-order valence-corrected chi connectivity index (χ1v) is 1.60. The Bertz CT molecular complexity index is 6.85. The van der Waals surface area contributed by atoms with E-state index in [9.17, 15) is 0 Å². The Morgan fingerprint density at radius 3 is 1.20 bits per heavy atom. The zero-order valence-electron chi connectivity index (χ0n) is 2.58. The molecule has 5 heavy (non-hydrogen) atoms. The van der Waals surface area contributed by atoms with Gasteiger partial charge in [-0.3, -0.25) is 0 Å². The van der Waals surface area contributed by atoms with Gasteiger partial charge in [0.25, 0.3) is 0 Å². The molecule has 0 aliphatic carbocycles. The fourth-order valence-corrected chi connectivity index (χ4v) is 0. The van der Waals surface area contributed by atoms with Crippen LogP contribution in [0.4, 0.5) is 0 Å². The minimum Gasteiger partial charge on any atom is -0.344 e. The smallest absolute Gasteiger partial charge is 0.0967 e. The van der Waals surface area contributed by atoms with Crippen molar-refractivity contribution in [2.75, 3.05) is 5.34 Å². The highest BCUT2D eigenvalue weighted by atomic mass is 35.5. The summed E-state index contributed by atoms with van der Waals surface area (Å²) < 4.78 is 0. The number of rotatable bonds is 0. The molecule has 0 spiro atoms. The molecule has 0 atom stereocenters. The molecule has 0 aromatic rings. The summed E-state index contributed by atoms with van der Waals surface area (Å²) in [6.45, 7) is 0. The van der Waals surface area contributed by atoms with Crippen LogP contribution in [0.5, 0.6) is 0 Å². The molecule has 3 N–H and O–H groups in total. The Morgan fingerprint density at radius 2 is 1.20 bits per heavy atom. The molecule has 0 rings (SSSR count). The quantitative estimate of drug-likeness (QED) is 0.511. The second-order valence-electron chi connectivity index (χ2n) is 0.101. The highest BCUT2D eigenvalue weighted by molar-refractivity contribution is 6.40. The van der Waals surface area contributed by atoms with Crippen molar-refractivity contribution in [2.24, 2.45) is 0 Å². The average Bonchev–Trinajstić information content (AvgIpc) is 0.918. The van der Waals surface area contributed by atoms with Gasteiger partial charge in [0.15, 0.2) is 0 Å². The van der Waals surface area contributed by atoms with Gasteiger partial charge in [0.1, 0.15) is 0 Å². The summed E-state index contributed by atoms with van der Waals surface area (Å²) in [5, 5.41) is 0.194. The number of halogens is 3. The van der Waals surface area contributed by atoms with E-state index in [0.29, 0.717) is 0 Å². The van der Waals surface area contributed by atoms with Crippen molar-refractivity contribution >= 4 is 35.6 Å². The molecule has 0 bridgehead atoms. The van der Waals surface area contributed by atoms with Gasteiger partial charge in [0.05, 0.1) is 5.34 Å². The molecule has 0 heterocycles. The lowest BCUT2D eigenvalue weighted by atomic mass is 11.9. The molecule has 0 aliphatic rings. The van der Waals surface area contributed by atoms with E-state index in [1.807, 2.05) is 0 Å². The van der Waals surface area contributed by atoms with E-state index >= 15 is 0 Å². The third kappa shape index (κ3) is 56.2. The monoisotopic (exact) mass is 137 g/mol. The minimum atomic E-state index is 0. The maximum atomic E-state index is 4.76. The molecule has 0 aromatic carbocycles. The zero-order valence-corrected chi connectivity index (χ0v) is 4.91. The Balaban J connectivity index is -0.0000000200. The molecule has 4 heteroatoms. The minimum absolute atomic E-state index is 0. The molecule has 0 unspecified atom stereocenters. The second kappa shape index (κ2) is 21.2. The molecule has 36 valence electrons. The Morgan fingerprint density at radius 1 is 1.20 bits per heavy atom. The molecule has 0 amide bonds. The van der Waals surface area contributed by atoms with Crippen LogP contribution in [-0.2, 0) is 0 Å². The Hall–Kier alpha value is 0.830. The van der Waals surface area contributed by atoms with Crippen LogP contribution < -0.4 is 6.15 Å². The van der Waals surface area contributed by atoms with Crippen LogP contribution in [-0.4, -0.2) is 5.34 Å². The molecule has 1 nitrogen and oxygen atoms in total. The average molecular weight is 138 g/mol. The number of hydrogen-bond donors (Lipinski definition) is 1. The topological polar surface area (TPSA) is 35.0 Å². The van der Waals surface area contributed by atoms with E-state index in [1.54, 1.807) is 0 Å². The van der Waals surface area contributed by atoms with Gasteiger partial charge in [-0.2, -0.15) is 0 Å². The van der Waals surface area contributed by atoms with Gasteiger partial charge in [-0.05, 0) is 0 Å². The Labute approximate surface area is 47.6 Å². The van der Waals surface area contributed by atoms with Crippen molar-refractivity contribution < 1.29 is 0 Å². The zero-order chi connectivity index (χ0) is 2.71. The van der Waals surface area contributed by atoms with Crippen LogP contribution in [0.15, 0.2) is 0 Å². The molecular weight excluding hydrogens is 132 g/mol. The van der Waals surface area contributed by atoms with Gasteiger partial charge in [-0.1, -0.05) is 0 Å². The van der Waals surface area contributed by atoms with Gasteiger partial charge in [0, 0.05) is 0 Å². The summed E-state index contributed by atoms with van der Waals surface area (Å²) in [5.41, 5.74) is 0. The molecule has 0 radical (unpaired) electrons. The third-order valence-electron chi connectivity index (χ3n) is 0. The van der Waals surface area contributed by atoms with E-state index in [-0.39, 0.29) is 23.9 Å². The van der Waals surface area contributed by atoms with Crippen molar-refractivity contribution in [1.29, 1.82) is 0 Å². The van der Waals surface area contributed by atoms with Gasteiger partial charge in [0.2, 0.25) is 0 Å². The van der Waals surface area contributed by atoms with Crippen LogP contribution in [0.25, 0.3) is 0 Å². The molecule has 0 aromatic heterocycles. The summed E-state index contributed by atoms with van der Waals surface area (Å²) in [6, 6.07) is 0. The predicted octanol–water partition coefficient (Wildman–Crippen LogP) is 2.01. The van der Waals surface area contributed by atoms with Crippen molar-refractivity contribution in [3.63, 3.8) is 0 Å². The molecule has 0 fully saturated rings. The number of hydrogen-bond acceptors (Lipinski definition) is 1. The molecule has 0 saturated heterocycles. The van der Waals surface area contributed by atoms with E-state index in [0.717, 1.165) is 0 Å². The van der Waals surface area contributed by atoms with Crippen molar-refractivity contribution in [1.82, 2.24) is 6.15 Å². The van der Waals surface area contributed by atoms with E-state index in [4.69, 9.17) is 23.2 Å². The molecule has 0 saturated carbocycles. The van der Waals surface area contributed by atoms with Crippen molar-refractivity contribution in [3.8, 4) is 0 Å². The van der Waals surface area contributed by atoms with E-state index in [2.05, 4.69) is 0 Å². The summed E-state index contributed by atoms with van der Waals surface area (Å²) in [6.07, 6.45) is 0. The van der Waals surface area contributed by atoms with E-state index in [1.165, 1.54) is 0 Å². The predicted molar refractivity (Wildman–Crippen MR) is 28.8 cm³/mol. The summed E-state index contributed by atoms with van der Waals surface area (Å²) in [5.74, 6) is 0. The normalized spacial score (nSPS) is 3.60. The Kier molecular flexibility index (Phi) is 71.9.